The molecule has 0 atom stereocenters. The lowest BCUT2D eigenvalue weighted by atomic mass is 9.78. The maximum Gasteiger partial charge on any atom is 0.143 e. The number of imidazole rings is 1. The Morgan fingerprint density at radius 2 is 1.37 bits per heavy atom. The molecular formula is C46H41N5O. The molecule has 0 saturated carbocycles. The summed E-state index contributed by atoms with van der Waals surface area (Å²) in [5.41, 5.74) is 8.86. The normalized spacial score (nSPS) is 13.0. The molecule has 6 heteroatoms. The van der Waals surface area contributed by atoms with Crippen LogP contribution < -0.4 is 9.64 Å². The number of nitrogens with zero attached hydrogens (tertiary/aromatic N) is 5. The number of hydrogen-bond donors (Lipinski definition) is 0. The molecule has 1 aliphatic heterocycles. The third kappa shape index (κ3) is 5.34. The van der Waals surface area contributed by atoms with Crippen molar-refractivity contribution >= 4 is 33.2 Å². The second-order valence-electron chi connectivity index (χ2n) is 15.3. The highest BCUT2D eigenvalue weighted by Crippen LogP contribution is 2.43. The van der Waals surface area contributed by atoms with Gasteiger partial charge in [-0.05, 0) is 76.7 Å². The Balaban J connectivity index is 1.15. The molecule has 52 heavy (non-hydrogen) atoms. The second-order valence-corrected chi connectivity index (χ2v) is 15.3. The van der Waals surface area contributed by atoms with Gasteiger partial charge in [-0.2, -0.15) is 0 Å². The molecule has 5 aromatic carbocycles. The van der Waals surface area contributed by atoms with Gasteiger partial charge in [0.1, 0.15) is 29.8 Å². The molecular weight excluding hydrogens is 639 g/mol. The van der Waals surface area contributed by atoms with Crippen LogP contribution in [-0.2, 0) is 17.5 Å². The standard InChI is InChI=1S/C46H41N5O/c1-45(2,3)33-25-34(50-30-49-24-23-48-44(49)39-16-10-11-17-40(39)50)28-36(26-33)52-35-19-20-38-37-15-9-12-18-41(37)51(42(38)29-35)43-27-32(21-22-47-43)46(4,5)31-13-7-6-8-14-31/h6-29H,30H2,1-5H3. The van der Waals surface area contributed by atoms with Gasteiger partial charge in [-0.3, -0.25) is 4.57 Å². The van der Waals surface area contributed by atoms with Gasteiger partial charge in [-0.15, -0.1) is 0 Å². The lowest BCUT2D eigenvalue weighted by Gasteiger charge is -2.33. The van der Waals surface area contributed by atoms with Crippen molar-refractivity contribution < 1.29 is 4.74 Å². The molecule has 256 valence electrons. The zero-order valence-electron chi connectivity index (χ0n) is 30.2. The summed E-state index contributed by atoms with van der Waals surface area (Å²) in [6, 6.07) is 45.1. The number of anilines is 2. The molecule has 0 radical (unpaired) electrons. The Labute approximate surface area is 304 Å². The van der Waals surface area contributed by atoms with E-state index < -0.39 is 0 Å². The van der Waals surface area contributed by atoms with E-state index in [9.17, 15) is 0 Å². The van der Waals surface area contributed by atoms with Crippen LogP contribution in [0.3, 0.4) is 0 Å². The van der Waals surface area contributed by atoms with Crippen LogP contribution >= 0.6 is 0 Å². The van der Waals surface area contributed by atoms with Gasteiger partial charge in [0.25, 0.3) is 0 Å². The SMILES string of the molecule is CC(C)(C)c1cc(Oc2ccc3c4ccccc4n(-c4cc(C(C)(C)c5ccccc5)ccn4)c3c2)cc(N2Cn3ccnc3-c3ccccc32)c1. The fraction of sp³-hybridized carbons (Fsp3) is 0.174. The first-order chi connectivity index (χ1) is 25.1. The molecule has 0 saturated heterocycles. The van der Waals surface area contributed by atoms with E-state index in [4.69, 9.17) is 9.72 Å². The van der Waals surface area contributed by atoms with Crippen molar-refractivity contribution in [2.24, 2.45) is 0 Å². The van der Waals surface area contributed by atoms with E-state index >= 15 is 0 Å². The first kappa shape index (κ1) is 31.8. The van der Waals surface area contributed by atoms with Crippen LogP contribution in [0.15, 0.2) is 146 Å². The fourth-order valence-corrected chi connectivity index (χ4v) is 7.59. The Morgan fingerprint density at radius 3 is 2.21 bits per heavy atom. The minimum atomic E-state index is -0.198. The van der Waals surface area contributed by atoms with Crippen LogP contribution in [0.25, 0.3) is 39.0 Å². The number of rotatable bonds is 6. The van der Waals surface area contributed by atoms with Crippen molar-refractivity contribution in [2.45, 2.75) is 52.1 Å². The van der Waals surface area contributed by atoms with Crippen molar-refractivity contribution in [3.63, 3.8) is 0 Å². The van der Waals surface area contributed by atoms with Crippen molar-refractivity contribution in [1.29, 1.82) is 0 Å². The highest BCUT2D eigenvalue weighted by atomic mass is 16.5. The smallest absolute Gasteiger partial charge is 0.143 e. The van der Waals surface area contributed by atoms with E-state index in [0.29, 0.717) is 6.67 Å². The van der Waals surface area contributed by atoms with Gasteiger partial charge < -0.3 is 14.2 Å². The third-order valence-corrected chi connectivity index (χ3v) is 10.6. The number of ether oxygens (including phenoxy) is 1. The molecule has 1 aliphatic rings. The number of fused-ring (bicyclic) bond motifs is 6. The summed E-state index contributed by atoms with van der Waals surface area (Å²) in [5.74, 6) is 3.43. The summed E-state index contributed by atoms with van der Waals surface area (Å²) in [6.45, 7) is 12.0. The lowest BCUT2D eigenvalue weighted by molar-refractivity contribution is 0.479. The van der Waals surface area contributed by atoms with E-state index in [2.05, 4.69) is 181 Å². The monoisotopic (exact) mass is 679 g/mol. The zero-order chi connectivity index (χ0) is 35.6. The summed E-state index contributed by atoms with van der Waals surface area (Å²) in [6.07, 6.45) is 5.85. The van der Waals surface area contributed by atoms with E-state index in [1.54, 1.807) is 0 Å². The van der Waals surface area contributed by atoms with Crippen LogP contribution in [0.4, 0.5) is 11.4 Å². The van der Waals surface area contributed by atoms with Crippen LogP contribution in [0.5, 0.6) is 11.5 Å². The maximum atomic E-state index is 6.84. The Kier molecular flexibility index (Phi) is 7.33. The van der Waals surface area contributed by atoms with Crippen LogP contribution in [0.1, 0.15) is 51.3 Å². The largest absolute Gasteiger partial charge is 0.457 e. The van der Waals surface area contributed by atoms with Crippen molar-refractivity contribution in [2.75, 3.05) is 4.90 Å². The molecule has 0 fully saturated rings. The van der Waals surface area contributed by atoms with Crippen LogP contribution in [0.2, 0.25) is 0 Å². The summed E-state index contributed by atoms with van der Waals surface area (Å²) in [4.78, 5) is 12.0. The Bertz CT molecular complexity index is 2610. The highest BCUT2D eigenvalue weighted by Gasteiger charge is 2.27. The molecule has 0 spiro atoms. The molecule has 0 aliphatic carbocycles. The summed E-state index contributed by atoms with van der Waals surface area (Å²) in [7, 11) is 0. The number of hydrogen-bond acceptors (Lipinski definition) is 4. The third-order valence-electron chi connectivity index (χ3n) is 10.6. The second kappa shape index (κ2) is 12.0. The molecule has 6 nitrogen and oxygen atoms in total. The quantitative estimate of drug-likeness (QED) is 0.175. The Morgan fingerprint density at radius 1 is 0.596 bits per heavy atom. The zero-order valence-corrected chi connectivity index (χ0v) is 30.2. The minimum Gasteiger partial charge on any atom is -0.457 e. The van der Waals surface area contributed by atoms with Gasteiger partial charge >= 0.3 is 0 Å². The number of pyridine rings is 1. The topological polar surface area (TPSA) is 48.1 Å². The van der Waals surface area contributed by atoms with Gasteiger partial charge in [0.05, 0.1) is 16.7 Å². The summed E-state index contributed by atoms with van der Waals surface area (Å²) >= 11 is 0. The van der Waals surface area contributed by atoms with Crippen LogP contribution in [0, 0.1) is 0 Å². The fourth-order valence-electron chi connectivity index (χ4n) is 7.59. The number of aromatic nitrogens is 4. The molecule has 9 rings (SSSR count). The first-order valence-corrected chi connectivity index (χ1v) is 17.9. The van der Waals surface area contributed by atoms with Gasteiger partial charge in [-0.1, -0.05) is 95.3 Å². The summed E-state index contributed by atoms with van der Waals surface area (Å²) < 4.78 is 11.3. The van der Waals surface area contributed by atoms with E-state index in [1.165, 1.54) is 22.1 Å². The van der Waals surface area contributed by atoms with E-state index in [-0.39, 0.29) is 10.8 Å². The number of benzene rings is 5. The average molecular weight is 680 g/mol. The van der Waals surface area contributed by atoms with Gasteiger partial charge in [-0.25, -0.2) is 9.97 Å². The Hall–Kier alpha value is -6.14. The van der Waals surface area contributed by atoms with Crippen molar-refractivity contribution in [3.05, 3.63) is 163 Å². The molecule has 0 unspecified atom stereocenters. The molecule has 0 N–H and O–H groups in total. The highest BCUT2D eigenvalue weighted by molar-refractivity contribution is 6.09. The van der Waals surface area contributed by atoms with Gasteiger partial charge in [0, 0.05) is 58.2 Å². The number of para-hydroxylation sites is 2. The molecule has 0 amide bonds. The maximum absolute atomic E-state index is 6.84. The average Bonchev–Trinajstić information content (AvgIpc) is 3.77. The molecule has 0 bridgehead atoms. The van der Waals surface area contributed by atoms with E-state index in [0.717, 1.165) is 56.5 Å². The van der Waals surface area contributed by atoms with Crippen molar-refractivity contribution in [1.82, 2.24) is 19.1 Å². The first-order valence-electron chi connectivity index (χ1n) is 17.9. The van der Waals surface area contributed by atoms with Crippen molar-refractivity contribution in [3.8, 4) is 28.7 Å². The van der Waals surface area contributed by atoms with Gasteiger partial charge in [0.15, 0.2) is 0 Å². The lowest BCUT2D eigenvalue weighted by Crippen LogP contribution is -2.26. The predicted molar refractivity (Wildman–Crippen MR) is 212 cm³/mol. The molecule has 3 aromatic heterocycles. The van der Waals surface area contributed by atoms with Gasteiger partial charge in [0.2, 0.25) is 0 Å². The summed E-state index contributed by atoms with van der Waals surface area (Å²) in [5, 5.41) is 2.33. The molecule has 8 aromatic rings. The van der Waals surface area contributed by atoms with Crippen LogP contribution in [-0.4, -0.2) is 19.1 Å². The molecule has 4 heterocycles. The predicted octanol–water partition coefficient (Wildman–Crippen LogP) is 11.6. The van der Waals surface area contributed by atoms with E-state index in [1.807, 2.05) is 18.6 Å². The minimum absolute atomic E-state index is 0.0931.